The first-order chi connectivity index (χ1) is 10.0. The first-order valence-corrected chi connectivity index (χ1v) is 6.93. The van der Waals surface area contributed by atoms with Gasteiger partial charge in [0.25, 0.3) is 0 Å². The molecule has 114 valence electrons. The molecule has 0 aliphatic rings. The number of benzene rings is 1. The van der Waals surface area contributed by atoms with E-state index in [1.54, 1.807) is 7.11 Å². The summed E-state index contributed by atoms with van der Waals surface area (Å²) in [5.74, 6) is 2.31. The average molecular weight is 290 g/mol. The maximum Gasteiger partial charge on any atom is 0.208 e. The van der Waals surface area contributed by atoms with Gasteiger partial charge in [0.15, 0.2) is 0 Å². The lowest BCUT2D eigenvalue weighted by Crippen LogP contribution is -2.27. The number of hydrogen-bond acceptors (Lipinski definition) is 5. The number of aliphatic hydroxyl groups excluding tert-OH is 1. The van der Waals surface area contributed by atoms with Gasteiger partial charge in [0.1, 0.15) is 11.5 Å². The number of aliphatic hydroxyl groups is 1. The van der Waals surface area contributed by atoms with Gasteiger partial charge in [-0.3, -0.25) is 4.90 Å². The number of oxazole rings is 1. The number of aromatic nitrogens is 1. The molecule has 2 aromatic rings. The van der Waals surface area contributed by atoms with Crippen molar-refractivity contribution < 1.29 is 14.3 Å². The molecule has 0 spiro atoms. The first kappa shape index (κ1) is 15.5. The van der Waals surface area contributed by atoms with Crippen LogP contribution in [0.5, 0.6) is 5.75 Å². The highest BCUT2D eigenvalue weighted by molar-refractivity contribution is 5.29. The summed E-state index contributed by atoms with van der Waals surface area (Å²) in [6, 6.07) is 7.60. The smallest absolute Gasteiger partial charge is 0.208 e. The number of rotatable bonds is 6. The molecule has 0 aliphatic heterocycles. The predicted octanol–water partition coefficient (Wildman–Crippen LogP) is 2.47. The van der Waals surface area contributed by atoms with Crippen molar-refractivity contribution in [1.82, 2.24) is 9.88 Å². The Morgan fingerprint density at radius 2 is 1.95 bits per heavy atom. The van der Waals surface area contributed by atoms with Crippen LogP contribution in [0.25, 0.3) is 0 Å². The third-order valence-corrected chi connectivity index (χ3v) is 3.66. The molecule has 0 fully saturated rings. The molecule has 0 radical (unpaired) electrons. The molecule has 5 nitrogen and oxygen atoms in total. The van der Waals surface area contributed by atoms with Crippen molar-refractivity contribution in [1.29, 1.82) is 0 Å². The Kier molecular flexibility index (Phi) is 4.98. The Balaban J connectivity index is 2.11. The number of aryl methyl sites for hydroxylation is 2. The number of methoxy groups -OCH3 is 1. The Morgan fingerprint density at radius 1 is 1.29 bits per heavy atom. The molecule has 21 heavy (non-hydrogen) atoms. The van der Waals surface area contributed by atoms with E-state index in [1.165, 1.54) is 0 Å². The zero-order valence-electron chi connectivity index (χ0n) is 13.0. The predicted molar refractivity (Wildman–Crippen MR) is 80.3 cm³/mol. The van der Waals surface area contributed by atoms with Gasteiger partial charge in [-0.15, -0.1) is 0 Å². The molecule has 1 aromatic carbocycles. The fraction of sp³-hybridized carbons (Fsp3) is 0.438. The van der Waals surface area contributed by atoms with Gasteiger partial charge in [-0.2, -0.15) is 0 Å². The minimum atomic E-state index is -0.108. The van der Waals surface area contributed by atoms with E-state index in [0.29, 0.717) is 12.4 Å². The van der Waals surface area contributed by atoms with E-state index in [9.17, 15) is 5.11 Å². The number of likely N-dealkylation sites (N-methyl/N-ethyl adjacent to an activating group) is 1. The van der Waals surface area contributed by atoms with Gasteiger partial charge in [-0.25, -0.2) is 4.98 Å². The largest absolute Gasteiger partial charge is 0.497 e. The zero-order chi connectivity index (χ0) is 15.4. The van der Waals surface area contributed by atoms with Gasteiger partial charge >= 0.3 is 0 Å². The maximum absolute atomic E-state index is 9.69. The van der Waals surface area contributed by atoms with E-state index in [2.05, 4.69) is 4.98 Å². The summed E-state index contributed by atoms with van der Waals surface area (Å²) >= 11 is 0. The third-order valence-electron chi connectivity index (χ3n) is 3.66. The van der Waals surface area contributed by atoms with Crippen LogP contribution < -0.4 is 4.74 Å². The summed E-state index contributed by atoms with van der Waals surface area (Å²) in [7, 11) is 3.58. The summed E-state index contributed by atoms with van der Waals surface area (Å²) < 4.78 is 10.8. The highest BCUT2D eigenvalue weighted by atomic mass is 16.5. The second kappa shape index (κ2) is 6.74. The number of nitrogens with zero attached hydrogens (tertiary/aromatic N) is 2. The summed E-state index contributed by atoms with van der Waals surface area (Å²) in [6.45, 7) is 4.40. The van der Waals surface area contributed by atoms with Crippen molar-refractivity contribution in [2.24, 2.45) is 0 Å². The topological polar surface area (TPSA) is 58.7 Å². The van der Waals surface area contributed by atoms with E-state index in [1.807, 2.05) is 50.1 Å². The molecule has 1 N–H and O–H groups in total. The molecule has 1 aromatic heterocycles. The molecular formula is C16H22N2O3. The Morgan fingerprint density at radius 3 is 2.43 bits per heavy atom. The molecule has 1 atom stereocenters. The Labute approximate surface area is 125 Å². The molecule has 0 aliphatic carbocycles. The lowest BCUT2D eigenvalue weighted by atomic mass is 10.1. The second-order valence-electron chi connectivity index (χ2n) is 5.14. The molecule has 0 saturated carbocycles. The maximum atomic E-state index is 9.69. The number of ether oxygens (including phenoxy) is 1. The second-order valence-corrected chi connectivity index (χ2v) is 5.14. The van der Waals surface area contributed by atoms with Crippen LogP contribution in [0.15, 0.2) is 28.7 Å². The van der Waals surface area contributed by atoms with Gasteiger partial charge in [0.2, 0.25) is 5.89 Å². The van der Waals surface area contributed by atoms with Crippen molar-refractivity contribution in [2.45, 2.75) is 26.4 Å². The first-order valence-electron chi connectivity index (χ1n) is 6.93. The van der Waals surface area contributed by atoms with E-state index in [-0.39, 0.29) is 12.6 Å². The molecule has 0 saturated heterocycles. The van der Waals surface area contributed by atoms with Crippen LogP contribution in [-0.2, 0) is 6.54 Å². The van der Waals surface area contributed by atoms with Crippen LogP contribution in [0.2, 0.25) is 0 Å². The van der Waals surface area contributed by atoms with Crippen molar-refractivity contribution in [3.05, 3.63) is 47.2 Å². The highest BCUT2D eigenvalue weighted by Gasteiger charge is 2.18. The van der Waals surface area contributed by atoms with Crippen LogP contribution in [0.4, 0.5) is 0 Å². The van der Waals surface area contributed by atoms with Gasteiger partial charge in [0.05, 0.1) is 32.0 Å². The molecule has 0 bridgehead atoms. The standard InChI is InChI=1S/C16H22N2O3/c1-11-12(2)21-16(17-11)9-18(3)15(10-19)13-5-7-14(20-4)8-6-13/h5-8,15,19H,9-10H2,1-4H3. The Bertz CT molecular complexity index is 558. The van der Waals surface area contributed by atoms with Gasteiger partial charge in [-0.05, 0) is 38.6 Å². The molecule has 5 heteroatoms. The minimum absolute atomic E-state index is 0.0293. The van der Waals surface area contributed by atoms with E-state index < -0.39 is 0 Å². The summed E-state index contributed by atoms with van der Waals surface area (Å²) in [6.07, 6.45) is 0. The summed E-state index contributed by atoms with van der Waals surface area (Å²) in [5, 5.41) is 9.69. The van der Waals surface area contributed by atoms with Crippen LogP contribution >= 0.6 is 0 Å². The molecular weight excluding hydrogens is 268 g/mol. The molecule has 1 unspecified atom stereocenters. The molecule has 2 rings (SSSR count). The van der Waals surface area contributed by atoms with Gasteiger partial charge < -0.3 is 14.3 Å². The minimum Gasteiger partial charge on any atom is -0.497 e. The quantitative estimate of drug-likeness (QED) is 0.885. The molecule has 0 amide bonds. The van der Waals surface area contributed by atoms with Crippen LogP contribution in [0, 0.1) is 13.8 Å². The van der Waals surface area contributed by atoms with E-state index in [0.717, 1.165) is 22.8 Å². The fourth-order valence-electron chi connectivity index (χ4n) is 2.26. The monoisotopic (exact) mass is 290 g/mol. The van der Waals surface area contributed by atoms with Gasteiger partial charge in [0, 0.05) is 0 Å². The normalized spacial score (nSPS) is 12.7. The van der Waals surface area contributed by atoms with Crippen LogP contribution in [-0.4, -0.2) is 35.8 Å². The van der Waals surface area contributed by atoms with E-state index in [4.69, 9.17) is 9.15 Å². The van der Waals surface area contributed by atoms with Crippen molar-refractivity contribution in [3.63, 3.8) is 0 Å². The van der Waals surface area contributed by atoms with Crippen molar-refractivity contribution in [2.75, 3.05) is 20.8 Å². The van der Waals surface area contributed by atoms with Crippen molar-refractivity contribution >= 4 is 0 Å². The van der Waals surface area contributed by atoms with Crippen LogP contribution in [0.3, 0.4) is 0 Å². The SMILES string of the molecule is COc1ccc(C(CO)N(C)Cc2nc(C)c(C)o2)cc1. The lowest BCUT2D eigenvalue weighted by molar-refractivity contribution is 0.133. The van der Waals surface area contributed by atoms with Crippen molar-refractivity contribution in [3.8, 4) is 5.75 Å². The third kappa shape index (κ3) is 3.62. The average Bonchev–Trinajstić information content (AvgIpc) is 2.78. The summed E-state index contributed by atoms with van der Waals surface area (Å²) in [4.78, 5) is 6.40. The van der Waals surface area contributed by atoms with Crippen LogP contribution in [0.1, 0.15) is 29.0 Å². The lowest BCUT2D eigenvalue weighted by Gasteiger charge is -2.25. The van der Waals surface area contributed by atoms with Gasteiger partial charge in [-0.1, -0.05) is 12.1 Å². The Hall–Kier alpha value is -1.85. The molecule has 1 heterocycles. The number of hydrogen-bond donors (Lipinski definition) is 1. The highest BCUT2D eigenvalue weighted by Crippen LogP contribution is 2.23. The fourth-order valence-corrected chi connectivity index (χ4v) is 2.26. The summed E-state index contributed by atoms with van der Waals surface area (Å²) in [5.41, 5.74) is 1.93. The zero-order valence-corrected chi connectivity index (χ0v) is 13.0. The van der Waals surface area contributed by atoms with E-state index >= 15 is 0 Å².